The Morgan fingerprint density at radius 3 is 2.48 bits per heavy atom. The molecule has 0 amide bonds. The maximum Gasteiger partial charge on any atom is 0.412 e. The minimum Gasteiger partial charge on any atom is -0.354 e. The van der Waals surface area contributed by atoms with Crippen LogP contribution in [0.25, 0.3) is 21.7 Å². The lowest BCUT2D eigenvalue weighted by molar-refractivity contribution is -0.144. The summed E-state index contributed by atoms with van der Waals surface area (Å²) in [6, 6.07) is 6.83. The van der Waals surface area contributed by atoms with E-state index in [1.54, 1.807) is 0 Å². The van der Waals surface area contributed by atoms with Gasteiger partial charge in [-0.25, -0.2) is 13.8 Å². The van der Waals surface area contributed by atoms with Crippen molar-refractivity contribution in [1.82, 2.24) is 9.97 Å². The molecule has 2 aromatic heterocycles. The fourth-order valence-corrected chi connectivity index (χ4v) is 3.22. The van der Waals surface area contributed by atoms with Gasteiger partial charge in [0, 0.05) is 22.5 Å². The van der Waals surface area contributed by atoms with Gasteiger partial charge in [-0.1, -0.05) is 18.2 Å². The molecule has 29 heavy (non-hydrogen) atoms. The largest absolute Gasteiger partial charge is 0.412 e. The molecular formula is C20H12F5N3O. The number of aromatic amines is 1. The molecule has 0 aliphatic carbocycles. The summed E-state index contributed by atoms with van der Waals surface area (Å²) in [7, 11) is 0. The van der Waals surface area contributed by atoms with Gasteiger partial charge in [-0.3, -0.25) is 4.79 Å². The minimum absolute atomic E-state index is 0.0435. The molecule has 0 aliphatic rings. The van der Waals surface area contributed by atoms with Crippen molar-refractivity contribution in [2.75, 3.05) is 5.32 Å². The van der Waals surface area contributed by atoms with Crippen LogP contribution in [0, 0.1) is 11.6 Å². The first kappa shape index (κ1) is 18.9. The number of hydrogen-bond donors (Lipinski definition) is 2. The van der Waals surface area contributed by atoms with E-state index in [1.807, 2.05) is 0 Å². The topological polar surface area (TPSA) is 57.8 Å². The van der Waals surface area contributed by atoms with E-state index in [0.717, 1.165) is 24.3 Å². The first-order valence-corrected chi connectivity index (χ1v) is 8.44. The van der Waals surface area contributed by atoms with Crippen molar-refractivity contribution in [2.45, 2.75) is 12.2 Å². The molecule has 0 fully saturated rings. The summed E-state index contributed by atoms with van der Waals surface area (Å²) in [4.78, 5) is 18.8. The van der Waals surface area contributed by atoms with Crippen LogP contribution in [-0.4, -0.2) is 16.1 Å². The van der Waals surface area contributed by atoms with Gasteiger partial charge in [-0.15, -0.1) is 0 Å². The smallest absolute Gasteiger partial charge is 0.354 e. The number of rotatable bonds is 3. The van der Waals surface area contributed by atoms with Gasteiger partial charge in [0.25, 0.3) is 5.56 Å². The standard InChI is InChI=1S/C20H12F5N3O/c21-10-5-6-11-13(9-10)16-15(7-8-26-19(16)29)27-18(11)28-17(20(23,24)25)12-3-1-2-4-14(12)22/h1-9,17H,(H,26,29)(H,27,28). The Hall–Kier alpha value is -3.49. The number of anilines is 1. The van der Waals surface area contributed by atoms with Gasteiger partial charge >= 0.3 is 6.18 Å². The molecule has 1 atom stereocenters. The fourth-order valence-electron chi connectivity index (χ4n) is 3.22. The maximum atomic E-state index is 14.1. The van der Waals surface area contributed by atoms with Gasteiger partial charge in [-0.2, -0.15) is 13.2 Å². The van der Waals surface area contributed by atoms with Crippen molar-refractivity contribution in [3.05, 3.63) is 82.3 Å². The highest BCUT2D eigenvalue weighted by atomic mass is 19.4. The molecule has 0 spiro atoms. The van der Waals surface area contributed by atoms with E-state index in [4.69, 9.17) is 0 Å². The van der Waals surface area contributed by atoms with E-state index in [2.05, 4.69) is 15.3 Å². The molecule has 2 aromatic carbocycles. The van der Waals surface area contributed by atoms with Crippen molar-refractivity contribution in [1.29, 1.82) is 0 Å². The van der Waals surface area contributed by atoms with Gasteiger partial charge in [-0.05, 0) is 30.3 Å². The summed E-state index contributed by atoms with van der Waals surface area (Å²) in [5, 5.41) is 2.47. The normalized spacial score (nSPS) is 13.0. The third-order valence-corrected chi connectivity index (χ3v) is 4.50. The van der Waals surface area contributed by atoms with Crippen molar-refractivity contribution in [3.63, 3.8) is 0 Å². The fraction of sp³-hybridized carbons (Fsp3) is 0.100. The molecular weight excluding hydrogens is 393 g/mol. The quantitative estimate of drug-likeness (QED) is 0.370. The average Bonchev–Trinajstić information content (AvgIpc) is 2.65. The molecule has 1 unspecified atom stereocenters. The molecule has 0 saturated heterocycles. The van der Waals surface area contributed by atoms with Crippen LogP contribution in [0.2, 0.25) is 0 Å². The van der Waals surface area contributed by atoms with Crippen molar-refractivity contribution in [2.24, 2.45) is 0 Å². The number of nitrogens with one attached hydrogen (secondary N) is 2. The van der Waals surface area contributed by atoms with Crippen LogP contribution >= 0.6 is 0 Å². The molecule has 9 heteroatoms. The Bertz CT molecular complexity index is 1280. The highest BCUT2D eigenvalue weighted by Gasteiger charge is 2.42. The summed E-state index contributed by atoms with van der Waals surface area (Å²) in [5.74, 6) is -1.95. The van der Waals surface area contributed by atoms with Crippen LogP contribution in [0.3, 0.4) is 0 Å². The van der Waals surface area contributed by atoms with E-state index in [-0.39, 0.29) is 27.5 Å². The Labute approximate surface area is 160 Å². The van der Waals surface area contributed by atoms with Crippen LogP contribution in [-0.2, 0) is 0 Å². The Morgan fingerprint density at radius 1 is 1.00 bits per heavy atom. The lowest BCUT2D eigenvalue weighted by Crippen LogP contribution is -2.29. The number of halogens is 5. The molecule has 0 aliphatic heterocycles. The summed E-state index contributed by atoms with van der Waals surface area (Å²) < 4.78 is 69.1. The zero-order valence-corrected chi connectivity index (χ0v) is 14.5. The zero-order chi connectivity index (χ0) is 20.8. The van der Waals surface area contributed by atoms with Crippen molar-refractivity contribution >= 4 is 27.5 Å². The van der Waals surface area contributed by atoms with Gasteiger partial charge in [0.15, 0.2) is 6.04 Å². The minimum atomic E-state index is -4.85. The van der Waals surface area contributed by atoms with Gasteiger partial charge < -0.3 is 10.3 Å². The number of alkyl halides is 3. The number of aromatic nitrogens is 2. The SMILES string of the molecule is O=c1[nH]ccc2nc(NC(c3ccccc3F)C(F)(F)F)c3ccc(F)cc3c12. The van der Waals surface area contributed by atoms with E-state index in [0.29, 0.717) is 0 Å². The second kappa shape index (κ2) is 6.84. The Kier molecular flexibility index (Phi) is 4.45. The highest BCUT2D eigenvalue weighted by molar-refractivity contribution is 6.09. The van der Waals surface area contributed by atoms with Crippen LogP contribution in [0.4, 0.5) is 27.8 Å². The Balaban J connectivity index is 1.97. The van der Waals surface area contributed by atoms with Crippen LogP contribution < -0.4 is 10.9 Å². The number of H-pyrrole nitrogens is 1. The molecule has 148 valence electrons. The predicted molar refractivity (Wildman–Crippen MR) is 98.6 cm³/mol. The summed E-state index contributed by atoms with van der Waals surface area (Å²) in [5.41, 5.74) is -1.09. The summed E-state index contributed by atoms with van der Waals surface area (Å²) in [6.07, 6.45) is -3.57. The first-order chi connectivity index (χ1) is 13.8. The summed E-state index contributed by atoms with van der Waals surface area (Å²) in [6.45, 7) is 0. The monoisotopic (exact) mass is 405 g/mol. The lowest BCUT2D eigenvalue weighted by Gasteiger charge is -2.24. The van der Waals surface area contributed by atoms with E-state index in [1.165, 1.54) is 30.5 Å². The lowest BCUT2D eigenvalue weighted by atomic mass is 10.0. The van der Waals surface area contributed by atoms with Crippen molar-refractivity contribution in [3.8, 4) is 0 Å². The molecule has 4 aromatic rings. The third kappa shape index (κ3) is 3.39. The third-order valence-electron chi connectivity index (χ3n) is 4.50. The Morgan fingerprint density at radius 2 is 1.76 bits per heavy atom. The first-order valence-electron chi connectivity index (χ1n) is 8.44. The number of pyridine rings is 2. The van der Waals surface area contributed by atoms with Gasteiger partial charge in [0.1, 0.15) is 17.5 Å². The number of benzene rings is 2. The molecule has 2 N–H and O–H groups in total. The second-order valence-electron chi connectivity index (χ2n) is 6.36. The number of hydrogen-bond acceptors (Lipinski definition) is 3. The number of fused-ring (bicyclic) bond motifs is 3. The zero-order valence-electron chi connectivity index (χ0n) is 14.5. The molecule has 4 rings (SSSR count). The maximum absolute atomic E-state index is 14.1. The van der Waals surface area contributed by atoms with Gasteiger partial charge in [0.2, 0.25) is 0 Å². The molecule has 0 saturated carbocycles. The molecule has 0 bridgehead atoms. The average molecular weight is 405 g/mol. The molecule has 0 radical (unpaired) electrons. The predicted octanol–water partition coefficient (Wildman–Crippen LogP) is 5.07. The highest BCUT2D eigenvalue weighted by Crippen LogP contribution is 2.38. The molecule has 4 nitrogen and oxygen atoms in total. The summed E-state index contributed by atoms with van der Waals surface area (Å²) >= 11 is 0. The van der Waals surface area contributed by atoms with Crippen molar-refractivity contribution < 1.29 is 22.0 Å². The van der Waals surface area contributed by atoms with Crippen LogP contribution in [0.5, 0.6) is 0 Å². The van der Waals surface area contributed by atoms with Gasteiger partial charge in [0.05, 0.1) is 10.9 Å². The van der Waals surface area contributed by atoms with Crippen LogP contribution in [0.1, 0.15) is 11.6 Å². The van der Waals surface area contributed by atoms with E-state index in [9.17, 15) is 26.7 Å². The second-order valence-corrected chi connectivity index (χ2v) is 6.36. The molecule has 2 heterocycles. The number of nitrogens with zero attached hydrogens (tertiary/aromatic N) is 1. The van der Waals surface area contributed by atoms with Crippen LogP contribution in [0.15, 0.2) is 59.5 Å². The van der Waals surface area contributed by atoms with E-state index < -0.39 is 35.0 Å². The van der Waals surface area contributed by atoms with E-state index >= 15 is 0 Å².